The van der Waals surface area contributed by atoms with E-state index in [9.17, 15) is 22.8 Å². The van der Waals surface area contributed by atoms with E-state index in [1.807, 2.05) is 0 Å². The van der Waals surface area contributed by atoms with Crippen LogP contribution in [-0.2, 0) is 16.1 Å². The van der Waals surface area contributed by atoms with Gasteiger partial charge in [-0.2, -0.15) is 13.2 Å². The predicted octanol–water partition coefficient (Wildman–Crippen LogP) is 3.44. The fourth-order valence-electron chi connectivity index (χ4n) is 2.29. The van der Waals surface area contributed by atoms with Gasteiger partial charge in [-0.25, -0.2) is 4.79 Å². The van der Waals surface area contributed by atoms with E-state index < -0.39 is 31.2 Å². The van der Waals surface area contributed by atoms with E-state index in [1.165, 1.54) is 31.4 Å². The van der Waals surface area contributed by atoms with Gasteiger partial charge in [0.2, 0.25) is 0 Å². The Hall–Kier alpha value is -3.03. The Morgan fingerprint density at radius 1 is 1.00 bits per heavy atom. The lowest BCUT2D eigenvalue weighted by Gasteiger charge is -2.24. The summed E-state index contributed by atoms with van der Waals surface area (Å²) in [6, 6.07) is 14.1. The second kappa shape index (κ2) is 9.07. The van der Waals surface area contributed by atoms with E-state index in [4.69, 9.17) is 4.74 Å². The van der Waals surface area contributed by atoms with Gasteiger partial charge in [-0.1, -0.05) is 30.3 Å². The zero-order chi connectivity index (χ0) is 19.9. The molecule has 2 aromatic rings. The van der Waals surface area contributed by atoms with Crippen molar-refractivity contribution in [2.45, 2.75) is 12.7 Å². The van der Waals surface area contributed by atoms with Crippen LogP contribution in [0.1, 0.15) is 15.9 Å². The van der Waals surface area contributed by atoms with Crippen molar-refractivity contribution in [3.63, 3.8) is 0 Å². The first-order valence-corrected chi connectivity index (χ1v) is 7.98. The van der Waals surface area contributed by atoms with E-state index in [-0.39, 0.29) is 12.3 Å². The molecular formula is C19H18F3NO4. The molecule has 0 spiro atoms. The molecule has 0 aliphatic rings. The normalized spacial score (nSPS) is 11.0. The molecule has 0 fully saturated rings. The quantitative estimate of drug-likeness (QED) is 0.690. The zero-order valence-electron chi connectivity index (χ0n) is 14.5. The average molecular weight is 381 g/mol. The summed E-state index contributed by atoms with van der Waals surface area (Å²) >= 11 is 0. The number of halogens is 3. The molecule has 0 unspecified atom stereocenters. The van der Waals surface area contributed by atoms with Crippen molar-refractivity contribution in [2.24, 2.45) is 0 Å². The number of rotatable bonds is 7. The van der Waals surface area contributed by atoms with Crippen molar-refractivity contribution in [2.75, 3.05) is 20.3 Å². The number of methoxy groups -OCH3 is 1. The molecule has 0 bridgehead atoms. The Balaban J connectivity index is 2.01. The Kier molecular flexibility index (Phi) is 6.81. The van der Waals surface area contributed by atoms with Gasteiger partial charge in [0, 0.05) is 6.54 Å². The summed E-state index contributed by atoms with van der Waals surface area (Å²) in [6.45, 7) is -2.10. The van der Waals surface area contributed by atoms with Crippen LogP contribution in [-0.4, -0.2) is 43.2 Å². The van der Waals surface area contributed by atoms with Gasteiger partial charge in [0.25, 0.3) is 5.91 Å². The molecule has 1 amide bonds. The molecule has 0 atom stereocenters. The number of benzene rings is 2. The molecule has 5 nitrogen and oxygen atoms in total. The van der Waals surface area contributed by atoms with Gasteiger partial charge < -0.3 is 14.4 Å². The fraction of sp³-hybridized carbons (Fsp3) is 0.263. The highest BCUT2D eigenvalue weighted by Gasteiger charge is 2.33. The van der Waals surface area contributed by atoms with Crippen molar-refractivity contribution in [1.82, 2.24) is 4.90 Å². The molecule has 2 rings (SSSR count). The lowest BCUT2D eigenvalue weighted by atomic mass is 10.2. The number of hydrogen-bond acceptors (Lipinski definition) is 4. The highest BCUT2D eigenvalue weighted by Crippen LogP contribution is 2.19. The molecule has 8 heteroatoms. The maximum Gasteiger partial charge on any atom is 0.406 e. The lowest BCUT2D eigenvalue weighted by Crippen LogP contribution is -2.40. The zero-order valence-corrected chi connectivity index (χ0v) is 14.5. The molecule has 0 saturated heterocycles. The van der Waals surface area contributed by atoms with Crippen molar-refractivity contribution < 1.29 is 32.2 Å². The number of carbonyl (C=O) groups is 2. The second-order valence-electron chi connectivity index (χ2n) is 5.66. The van der Waals surface area contributed by atoms with Crippen molar-refractivity contribution >= 4 is 11.9 Å². The molecule has 0 aliphatic heterocycles. The van der Waals surface area contributed by atoms with Crippen molar-refractivity contribution in [1.29, 1.82) is 0 Å². The third-order valence-electron chi connectivity index (χ3n) is 3.58. The fourth-order valence-corrected chi connectivity index (χ4v) is 2.29. The van der Waals surface area contributed by atoms with Crippen LogP contribution < -0.4 is 4.74 Å². The molecule has 0 heterocycles. The molecule has 0 aliphatic carbocycles. The van der Waals surface area contributed by atoms with Gasteiger partial charge in [0.15, 0.2) is 6.61 Å². The Morgan fingerprint density at radius 3 is 2.19 bits per heavy atom. The minimum Gasteiger partial charge on any atom is -0.484 e. The highest BCUT2D eigenvalue weighted by molar-refractivity contribution is 5.89. The van der Waals surface area contributed by atoms with Crippen LogP contribution in [0.2, 0.25) is 0 Å². The Bertz CT molecular complexity index is 761. The van der Waals surface area contributed by atoms with E-state index in [0.29, 0.717) is 16.0 Å². The predicted molar refractivity (Wildman–Crippen MR) is 91.2 cm³/mol. The van der Waals surface area contributed by atoms with E-state index in [2.05, 4.69) is 4.74 Å². The summed E-state index contributed by atoms with van der Waals surface area (Å²) in [6.07, 6.45) is -4.52. The lowest BCUT2D eigenvalue weighted by molar-refractivity contribution is -0.163. The number of alkyl halides is 3. The third kappa shape index (κ3) is 6.65. The van der Waals surface area contributed by atoms with Crippen LogP contribution in [0, 0.1) is 0 Å². The summed E-state index contributed by atoms with van der Waals surface area (Å²) < 4.78 is 48.2. The van der Waals surface area contributed by atoms with Gasteiger partial charge in [-0.15, -0.1) is 0 Å². The second-order valence-corrected chi connectivity index (χ2v) is 5.66. The number of amides is 1. The minimum absolute atomic E-state index is 0.177. The van der Waals surface area contributed by atoms with E-state index in [1.54, 1.807) is 30.3 Å². The van der Waals surface area contributed by atoms with E-state index >= 15 is 0 Å². The monoisotopic (exact) mass is 381 g/mol. The van der Waals surface area contributed by atoms with Gasteiger partial charge in [0.05, 0.1) is 12.7 Å². The summed E-state index contributed by atoms with van der Waals surface area (Å²) in [5.41, 5.74) is 0.872. The molecule has 0 N–H and O–H groups in total. The number of hydrogen-bond donors (Lipinski definition) is 0. The average Bonchev–Trinajstić information content (AvgIpc) is 2.65. The topological polar surface area (TPSA) is 55.8 Å². The van der Waals surface area contributed by atoms with Crippen LogP contribution in [0.4, 0.5) is 13.2 Å². The Morgan fingerprint density at radius 2 is 1.63 bits per heavy atom. The maximum atomic E-state index is 12.8. The molecule has 27 heavy (non-hydrogen) atoms. The van der Waals surface area contributed by atoms with Gasteiger partial charge in [-0.3, -0.25) is 4.79 Å². The molecule has 144 valence electrons. The van der Waals surface area contributed by atoms with Crippen LogP contribution in [0.25, 0.3) is 0 Å². The van der Waals surface area contributed by atoms with Crippen LogP contribution >= 0.6 is 0 Å². The van der Waals surface area contributed by atoms with Crippen LogP contribution in [0.5, 0.6) is 5.75 Å². The minimum atomic E-state index is -4.52. The summed E-state index contributed by atoms with van der Waals surface area (Å²) in [5.74, 6) is -1.08. The first-order chi connectivity index (χ1) is 12.8. The van der Waals surface area contributed by atoms with Crippen molar-refractivity contribution in [3.8, 4) is 5.75 Å². The highest BCUT2D eigenvalue weighted by atomic mass is 19.4. The first kappa shape index (κ1) is 20.3. The number of esters is 1. The van der Waals surface area contributed by atoms with Crippen molar-refractivity contribution in [3.05, 3.63) is 65.7 Å². The standard InChI is InChI=1S/C19H18F3NO4/c1-26-18(25)15-7-9-16(10-8-15)27-12-17(24)23(13-19(20,21)22)11-14-5-3-2-4-6-14/h2-10H,11-13H2,1H3. The molecule has 0 aromatic heterocycles. The van der Waals surface area contributed by atoms with Gasteiger partial charge in [0.1, 0.15) is 12.3 Å². The number of nitrogens with zero attached hydrogens (tertiary/aromatic N) is 1. The summed E-state index contributed by atoms with van der Waals surface area (Å²) in [4.78, 5) is 24.3. The Labute approximate surface area is 154 Å². The third-order valence-corrected chi connectivity index (χ3v) is 3.58. The first-order valence-electron chi connectivity index (χ1n) is 7.98. The van der Waals surface area contributed by atoms with E-state index in [0.717, 1.165) is 0 Å². The number of ether oxygens (including phenoxy) is 2. The van der Waals surface area contributed by atoms with Crippen LogP contribution in [0.3, 0.4) is 0 Å². The summed E-state index contributed by atoms with van der Waals surface area (Å²) in [5, 5.41) is 0. The smallest absolute Gasteiger partial charge is 0.406 e. The van der Waals surface area contributed by atoms with Crippen LogP contribution in [0.15, 0.2) is 54.6 Å². The van der Waals surface area contributed by atoms with Gasteiger partial charge in [-0.05, 0) is 29.8 Å². The maximum absolute atomic E-state index is 12.8. The molecule has 0 saturated carbocycles. The molecule has 2 aromatic carbocycles. The molecular weight excluding hydrogens is 363 g/mol. The number of carbonyl (C=O) groups excluding carboxylic acids is 2. The van der Waals surface area contributed by atoms with Gasteiger partial charge >= 0.3 is 12.1 Å². The largest absolute Gasteiger partial charge is 0.484 e. The molecule has 0 radical (unpaired) electrons. The SMILES string of the molecule is COC(=O)c1ccc(OCC(=O)N(Cc2ccccc2)CC(F)(F)F)cc1. The summed E-state index contributed by atoms with van der Waals surface area (Å²) in [7, 11) is 1.24.